The lowest BCUT2D eigenvalue weighted by molar-refractivity contribution is -0.340. The average Bonchev–Trinajstić information content (AvgIpc) is 2.76. The standard InChI is InChI=1S/C21H23NO6/c1-25-21-16(22-19(24)13-8-4-2-5-9-13)17(23)18-15(27-21)12-26-20(28-18)14-10-6-3-7-11-14/h2-11,15-18,20-21,23H,12H2,1H3,(H,22,24)/t15-,16-,17-,18+,20+,21-/m1/s1. The van der Waals surface area contributed by atoms with Crippen LogP contribution in [0.15, 0.2) is 60.7 Å². The summed E-state index contributed by atoms with van der Waals surface area (Å²) in [6.45, 7) is 0.250. The third-order valence-electron chi connectivity index (χ3n) is 5.00. The number of carbonyl (C=O) groups excluding carboxylic acids is 1. The quantitative estimate of drug-likeness (QED) is 0.832. The molecule has 4 rings (SSSR count). The first-order valence-electron chi connectivity index (χ1n) is 9.21. The van der Waals surface area contributed by atoms with Gasteiger partial charge in [0.25, 0.3) is 5.91 Å². The molecule has 1 amide bonds. The van der Waals surface area contributed by atoms with Crippen molar-refractivity contribution in [2.45, 2.75) is 36.9 Å². The van der Waals surface area contributed by atoms with Crippen LogP contribution in [-0.4, -0.2) is 55.4 Å². The molecule has 2 aliphatic heterocycles. The van der Waals surface area contributed by atoms with E-state index in [1.54, 1.807) is 24.3 Å². The van der Waals surface area contributed by atoms with Gasteiger partial charge in [0.05, 0.1) is 6.61 Å². The fourth-order valence-electron chi connectivity index (χ4n) is 3.55. The van der Waals surface area contributed by atoms with Crippen LogP contribution < -0.4 is 5.32 Å². The van der Waals surface area contributed by atoms with Gasteiger partial charge in [0.15, 0.2) is 12.6 Å². The summed E-state index contributed by atoms with van der Waals surface area (Å²) in [5.74, 6) is -0.319. The van der Waals surface area contributed by atoms with E-state index in [9.17, 15) is 9.90 Å². The molecule has 7 nitrogen and oxygen atoms in total. The fraction of sp³-hybridized carbons (Fsp3) is 0.381. The van der Waals surface area contributed by atoms with E-state index in [4.69, 9.17) is 18.9 Å². The van der Waals surface area contributed by atoms with Crippen LogP contribution in [0.25, 0.3) is 0 Å². The topological polar surface area (TPSA) is 86.2 Å². The lowest BCUT2D eigenvalue weighted by Crippen LogP contribution is -2.66. The van der Waals surface area contributed by atoms with Gasteiger partial charge in [-0.05, 0) is 12.1 Å². The highest BCUT2D eigenvalue weighted by Gasteiger charge is 2.50. The maximum Gasteiger partial charge on any atom is 0.251 e. The highest BCUT2D eigenvalue weighted by Crippen LogP contribution is 2.34. The number of hydrogen-bond donors (Lipinski definition) is 2. The first-order valence-corrected chi connectivity index (χ1v) is 9.21. The van der Waals surface area contributed by atoms with Crippen LogP contribution in [0.2, 0.25) is 0 Å². The highest BCUT2D eigenvalue weighted by atomic mass is 16.7. The number of hydrogen-bond acceptors (Lipinski definition) is 6. The minimum absolute atomic E-state index is 0.250. The molecule has 28 heavy (non-hydrogen) atoms. The van der Waals surface area contributed by atoms with Gasteiger partial charge in [-0.2, -0.15) is 0 Å². The molecule has 0 aromatic heterocycles. The number of aliphatic hydroxyl groups excluding tert-OH is 1. The summed E-state index contributed by atoms with van der Waals surface area (Å²) in [6.07, 6.45) is -3.60. The number of methoxy groups -OCH3 is 1. The Bertz CT molecular complexity index is 786. The van der Waals surface area contributed by atoms with Crippen LogP contribution in [0.1, 0.15) is 22.2 Å². The summed E-state index contributed by atoms with van der Waals surface area (Å²) in [6, 6.07) is 17.5. The largest absolute Gasteiger partial charge is 0.388 e. The van der Waals surface area contributed by atoms with E-state index in [2.05, 4.69) is 5.32 Å². The zero-order valence-electron chi connectivity index (χ0n) is 15.4. The molecule has 2 N–H and O–H groups in total. The maximum absolute atomic E-state index is 12.6. The molecule has 0 aliphatic carbocycles. The second-order valence-corrected chi connectivity index (χ2v) is 6.81. The summed E-state index contributed by atoms with van der Waals surface area (Å²) in [7, 11) is 1.47. The summed E-state index contributed by atoms with van der Waals surface area (Å²) in [5, 5.41) is 13.8. The number of aliphatic hydroxyl groups is 1. The number of fused-ring (bicyclic) bond motifs is 1. The SMILES string of the molecule is CO[C@@H]1O[C@@H]2CO[C@H](c3ccccc3)O[C@@H]2[C@H](O)[C@H]1NC(=O)c1ccccc1. The van der Waals surface area contributed by atoms with E-state index >= 15 is 0 Å². The molecule has 0 bridgehead atoms. The minimum Gasteiger partial charge on any atom is -0.388 e. The minimum atomic E-state index is -1.02. The van der Waals surface area contributed by atoms with E-state index in [0.29, 0.717) is 5.56 Å². The predicted molar refractivity (Wildman–Crippen MR) is 99.4 cm³/mol. The molecule has 2 aromatic rings. The van der Waals surface area contributed by atoms with Crippen molar-refractivity contribution < 1.29 is 28.8 Å². The van der Waals surface area contributed by atoms with Crippen LogP contribution in [0.4, 0.5) is 0 Å². The van der Waals surface area contributed by atoms with Crippen molar-refractivity contribution in [3.05, 3.63) is 71.8 Å². The first kappa shape index (κ1) is 19.0. The molecule has 148 valence electrons. The van der Waals surface area contributed by atoms with Gasteiger partial charge < -0.3 is 29.4 Å². The van der Waals surface area contributed by atoms with Crippen molar-refractivity contribution in [1.29, 1.82) is 0 Å². The zero-order chi connectivity index (χ0) is 19.5. The number of ether oxygens (including phenoxy) is 4. The Labute approximate surface area is 163 Å². The Kier molecular flexibility index (Phi) is 5.70. The molecule has 0 radical (unpaired) electrons. The van der Waals surface area contributed by atoms with Crippen LogP contribution >= 0.6 is 0 Å². The van der Waals surface area contributed by atoms with Crippen LogP contribution in [0, 0.1) is 0 Å². The van der Waals surface area contributed by atoms with Crippen LogP contribution in [-0.2, 0) is 18.9 Å². The average molecular weight is 385 g/mol. The van der Waals surface area contributed by atoms with Crippen molar-refractivity contribution in [2.75, 3.05) is 13.7 Å². The highest BCUT2D eigenvalue weighted by molar-refractivity contribution is 5.94. The van der Waals surface area contributed by atoms with Crippen LogP contribution in [0.3, 0.4) is 0 Å². The molecule has 0 unspecified atom stereocenters. The van der Waals surface area contributed by atoms with Gasteiger partial charge in [0.2, 0.25) is 0 Å². The van der Waals surface area contributed by atoms with Crippen molar-refractivity contribution >= 4 is 5.91 Å². The Hall–Kier alpha value is -2.29. The monoisotopic (exact) mass is 385 g/mol. The third-order valence-corrected chi connectivity index (χ3v) is 5.00. The molecule has 6 atom stereocenters. The predicted octanol–water partition coefficient (Wildman–Crippen LogP) is 1.63. The van der Waals surface area contributed by atoms with Gasteiger partial charge in [-0.25, -0.2) is 0 Å². The van der Waals surface area contributed by atoms with Crippen molar-refractivity contribution in [3.8, 4) is 0 Å². The number of carbonyl (C=O) groups is 1. The number of rotatable bonds is 4. The Morgan fingerprint density at radius 2 is 1.75 bits per heavy atom. The van der Waals surface area contributed by atoms with Gasteiger partial charge in [-0.3, -0.25) is 4.79 Å². The molecule has 2 aromatic carbocycles. The number of amides is 1. The van der Waals surface area contributed by atoms with Crippen molar-refractivity contribution in [3.63, 3.8) is 0 Å². The van der Waals surface area contributed by atoms with E-state index in [1.807, 2.05) is 36.4 Å². The summed E-state index contributed by atoms with van der Waals surface area (Å²) < 4.78 is 23.0. The Morgan fingerprint density at radius 3 is 2.43 bits per heavy atom. The molecule has 2 heterocycles. The normalized spacial score (nSPS) is 32.4. The van der Waals surface area contributed by atoms with Crippen LogP contribution in [0.5, 0.6) is 0 Å². The lowest BCUT2D eigenvalue weighted by atomic mass is 9.95. The first-order chi connectivity index (χ1) is 13.7. The van der Waals surface area contributed by atoms with Gasteiger partial charge in [0.1, 0.15) is 24.4 Å². The number of nitrogens with one attached hydrogen (secondary N) is 1. The van der Waals surface area contributed by atoms with Gasteiger partial charge in [-0.1, -0.05) is 48.5 Å². The molecular weight excluding hydrogens is 362 g/mol. The molecule has 2 aliphatic rings. The Morgan fingerprint density at radius 1 is 1.07 bits per heavy atom. The zero-order valence-corrected chi connectivity index (χ0v) is 15.4. The third kappa shape index (κ3) is 3.80. The van der Waals surface area contributed by atoms with Gasteiger partial charge in [-0.15, -0.1) is 0 Å². The van der Waals surface area contributed by atoms with E-state index < -0.39 is 36.9 Å². The second-order valence-electron chi connectivity index (χ2n) is 6.81. The smallest absolute Gasteiger partial charge is 0.251 e. The maximum atomic E-state index is 12.6. The van der Waals surface area contributed by atoms with Crippen molar-refractivity contribution in [2.24, 2.45) is 0 Å². The Balaban J connectivity index is 1.50. The van der Waals surface area contributed by atoms with E-state index in [1.165, 1.54) is 7.11 Å². The molecule has 2 saturated heterocycles. The molecule has 0 spiro atoms. The van der Waals surface area contributed by atoms with E-state index in [0.717, 1.165) is 5.56 Å². The summed E-state index contributed by atoms with van der Waals surface area (Å²) in [5.41, 5.74) is 1.34. The fourth-order valence-corrected chi connectivity index (χ4v) is 3.55. The van der Waals surface area contributed by atoms with Gasteiger partial charge >= 0.3 is 0 Å². The van der Waals surface area contributed by atoms with Crippen molar-refractivity contribution in [1.82, 2.24) is 5.32 Å². The van der Waals surface area contributed by atoms with E-state index in [-0.39, 0.29) is 12.5 Å². The van der Waals surface area contributed by atoms with Gasteiger partial charge in [0, 0.05) is 18.2 Å². The molecule has 0 saturated carbocycles. The molecule has 2 fully saturated rings. The number of benzene rings is 2. The molecule has 7 heteroatoms. The second kappa shape index (κ2) is 8.38. The lowest BCUT2D eigenvalue weighted by Gasteiger charge is -2.47. The summed E-state index contributed by atoms with van der Waals surface area (Å²) in [4.78, 5) is 12.6. The molecular formula is C21H23NO6. The summed E-state index contributed by atoms with van der Waals surface area (Å²) >= 11 is 0.